The first kappa shape index (κ1) is 15.2. The largest absolute Gasteiger partial charge is 0.395 e. The third-order valence-electron chi connectivity index (χ3n) is 8.81. The molecule has 1 spiro atoms. The van der Waals surface area contributed by atoms with Crippen molar-refractivity contribution in [2.45, 2.75) is 71.3 Å². The van der Waals surface area contributed by atoms with Crippen LogP contribution in [0.2, 0.25) is 0 Å². The van der Waals surface area contributed by atoms with E-state index >= 15 is 0 Å². The zero-order valence-corrected chi connectivity index (χ0v) is 14.4. The molecule has 3 fully saturated rings. The van der Waals surface area contributed by atoms with Crippen LogP contribution >= 0.6 is 0 Å². The maximum Gasteiger partial charge on any atom is 0.0648 e. The average molecular weight is 304 g/mol. The molecule has 22 heavy (non-hydrogen) atoms. The summed E-state index contributed by atoms with van der Waals surface area (Å²) in [5.74, 6) is 1.88. The summed E-state index contributed by atoms with van der Waals surface area (Å²) in [4.78, 5) is 0. The number of allylic oxidation sites excluding steroid dienone is 1. The van der Waals surface area contributed by atoms with Gasteiger partial charge >= 0.3 is 0 Å². The maximum atomic E-state index is 10.8. The highest BCUT2D eigenvalue weighted by molar-refractivity contribution is 5.22. The normalized spacial score (nSPS) is 60.0. The molecule has 3 saturated carbocycles. The molecule has 0 aromatic carbocycles. The Morgan fingerprint density at radius 1 is 1.09 bits per heavy atom. The molecule has 2 nitrogen and oxygen atoms in total. The number of rotatable bonds is 1. The number of fused-ring (bicyclic) bond motifs is 2. The molecule has 0 saturated heterocycles. The van der Waals surface area contributed by atoms with Gasteiger partial charge in [-0.1, -0.05) is 26.0 Å². The minimum absolute atomic E-state index is 0.0508. The highest BCUT2D eigenvalue weighted by atomic mass is 16.3. The second kappa shape index (κ2) is 4.39. The standard InChI is InChI=1S/C20H32O2/c1-17(13-21)7-4-8-18(2)16(17)6-5-14-11-15-12-20(14,18)10-9-19(15,3)22/h4,7,14-16,21-22H,5-6,8-13H2,1-3H3/t14-,15-,16+,17+,18+,19-,20+/m1/s1. The van der Waals surface area contributed by atoms with E-state index in [0.717, 1.165) is 12.3 Å². The molecule has 124 valence electrons. The molecular formula is C20H32O2. The second-order valence-corrected chi connectivity index (χ2v) is 9.66. The van der Waals surface area contributed by atoms with E-state index in [-0.39, 0.29) is 12.0 Å². The first-order chi connectivity index (χ1) is 10.3. The van der Waals surface area contributed by atoms with E-state index in [1.54, 1.807) is 0 Å². The van der Waals surface area contributed by atoms with Gasteiger partial charge in [-0.2, -0.15) is 0 Å². The van der Waals surface area contributed by atoms with Crippen molar-refractivity contribution in [2.75, 3.05) is 6.61 Å². The van der Waals surface area contributed by atoms with Crippen molar-refractivity contribution in [1.82, 2.24) is 0 Å². The molecule has 0 radical (unpaired) electrons. The molecule has 4 rings (SSSR count). The Kier molecular flexibility index (Phi) is 3.03. The van der Waals surface area contributed by atoms with Crippen LogP contribution in [0.5, 0.6) is 0 Å². The monoisotopic (exact) mass is 304 g/mol. The van der Waals surface area contributed by atoms with E-state index in [4.69, 9.17) is 0 Å². The summed E-state index contributed by atoms with van der Waals surface area (Å²) >= 11 is 0. The molecule has 0 aromatic rings. The zero-order valence-electron chi connectivity index (χ0n) is 14.4. The summed E-state index contributed by atoms with van der Waals surface area (Å²) in [5, 5.41) is 20.8. The van der Waals surface area contributed by atoms with Crippen LogP contribution < -0.4 is 0 Å². The third-order valence-corrected chi connectivity index (χ3v) is 8.81. The number of aliphatic hydroxyl groups excluding tert-OH is 1. The first-order valence-corrected chi connectivity index (χ1v) is 9.28. The van der Waals surface area contributed by atoms with Crippen molar-refractivity contribution >= 4 is 0 Å². The molecule has 4 aliphatic carbocycles. The Hall–Kier alpha value is -0.340. The van der Waals surface area contributed by atoms with Gasteiger partial charge in [0.25, 0.3) is 0 Å². The Bertz CT molecular complexity index is 510. The summed E-state index contributed by atoms with van der Waals surface area (Å²) in [6.07, 6.45) is 13.0. The lowest BCUT2D eigenvalue weighted by atomic mass is 9.41. The van der Waals surface area contributed by atoms with Crippen molar-refractivity contribution in [3.63, 3.8) is 0 Å². The van der Waals surface area contributed by atoms with E-state index in [0.29, 0.717) is 22.7 Å². The molecule has 0 heterocycles. The molecule has 0 amide bonds. The molecule has 2 bridgehead atoms. The first-order valence-electron chi connectivity index (χ1n) is 9.28. The van der Waals surface area contributed by atoms with E-state index < -0.39 is 5.60 Å². The van der Waals surface area contributed by atoms with Gasteiger partial charge in [0.15, 0.2) is 0 Å². The van der Waals surface area contributed by atoms with Crippen LogP contribution in [-0.4, -0.2) is 22.4 Å². The quantitative estimate of drug-likeness (QED) is 0.721. The van der Waals surface area contributed by atoms with Gasteiger partial charge in [0.05, 0.1) is 12.2 Å². The molecular weight excluding hydrogens is 272 g/mol. The lowest BCUT2D eigenvalue weighted by molar-refractivity contribution is -0.154. The predicted molar refractivity (Wildman–Crippen MR) is 88.3 cm³/mol. The molecule has 2 N–H and O–H groups in total. The van der Waals surface area contributed by atoms with Crippen LogP contribution in [0.25, 0.3) is 0 Å². The van der Waals surface area contributed by atoms with E-state index in [2.05, 4.69) is 32.9 Å². The fourth-order valence-corrected chi connectivity index (χ4v) is 7.39. The van der Waals surface area contributed by atoms with Crippen LogP contribution in [0, 0.1) is 34.0 Å². The SMILES string of the molecule is C[C@@]1(CO)C=CC[C@@]2(C)[C@H]1CC[C@@H]1C[C@@H]3C[C@@]12CC[C@@]3(C)O. The second-order valence-electron chi connectivity index (χ2n) is 9.66. The van der Waals surface area contributed by atoms with Gasteiger partial charge in [-0.05, 0) is 80.5 Å². The zero-order chi connectivity index (χ0) is 15.8. The smallest absolute Gasteiger partial charge is 0.0648 e. The highest BCUT2D eigenvalue weighted by Crippen LogP contribution is 2.74. The maximum absolute atomic E-state index is 10.8. The minimum atomic E-state index is -0.445. The van der Waals surface area contributed by atoms with Crippen molar-refractivity contribution in [2.24, 2.45) is 34.0 Å². The highest BCUT2D eigenvalue weighted by Gasteiger charge is 2.68. The fraction of sp³-hybridized carbons (Fsp3) is 0.900. The predicted octanol–water partition coefficient (Wildman–Crippen LogP) is 3.92. The van der Waals surface area contributed by atoms with Crippen molar-refractivity contribution in [3.8, 4) is 0 Å². The van der Waals surface area contributed by atoms with Gasteiger partial charge < -0.3 is 10.2 Å². The molecule has 7 atom stereocenters. The van der Waals surface area contributed by atoms with Gasteiger partial charge in [-0.3, -0.25) is 0 Å². The van der Waals surface area contributed by atoms with Crippen molar-refractivity contribution in [3.05, 3.63) is 12.2 Å². The summed E-state index contributed by atoms with van der Waals surface area (Å²) in [6.45, 7) is 7.11. The van der Waals surface area contributed by atoms with E-state index in [9.17, 15) is 10.2 Å². The summed E-state index contributed by atoms with van der Waals surface area (Å²) in [7, 11) is 0. The molecule has 0 aliphatic heterocycles. The molecule has 0 unspecified atom stereocenters. The number of hydrogen-bond donors (Lipinski definition) is 2. The van der Waals surface area contributed by atoms with Crippen LogP contribution in [0.3, 0.4) is 0 Å². The summed E-state index contributed by atoms with van der Waals surface area (Å²) in [6, 6.07) is 0. The average Bonchev–Trinajstić information content (AvgIpc) is 2.82. The summed E-state index contributed by atoms with van der Waals surface area (Å²) in [5.41, 5.74) is 0.210. The van der Waals surface area contributed by atoms with E-state index in [1.165, 1.54) is 38.5 Å². The fourth-order valence-electron chi connectivity index (χ4n) is 7.39. The van der Waals surface area contributed by atoms with Gasteiger partial charge in [-0.15, -0.1) is 0 Å². The Morgan fingerprint density at radius 2 is 1.86 bits per heavy atom. The van der Waals surface area contributed by atoms with Crippen LogP contribution in [-0.2, 0) is 0 Å². The summed E-state index contributed by atoms with van der Waals surface area (Å²) < 4.78 is 0. The van der Waals surface area contributed by atoms with Gasteiger partial charge in [0.1, 0.15) is 0 Å². The Labute approximate surface area is 135 Å². The van der Waals surface area contributed by atoms with Crippen LogP contribution in [0.15, 0.2) is 12.2 Å². The molecule has 4 aliphatic rings. The lowest BCUT2D eigenvalue weighted by Crippen LogP contribution is -2.58. The Morgan fingerprint density at radius 3 is 2.59 bits per heavy atom. The van der Waals surface area contributed by atoms with E-state index in [1.807, 2.05) is 0 Å². The molecule has 2 heteroatoms. The van der Waals surface area contributed by atoms with Crippen LogP contribution in [0.4, 0.5) is 0 Å². The van der Waals surface area contributed by atoms with Gasteiger partial charge in [0, 0.05) is 5.41 Å². The minimum Gasteiger partial charge on any atom is -0.395 e. The number of hydrogen-bond acceptors (Lipinski definition) is 2. The Balaban J connectivity index is 1.78. The lowest BCUT2D eigenvalue weighted by Gasteiger charge is -2.64. The van der Waals surface area contributed by atoms with Crippen molar-refractivity contribution in [1.29, 1.82) is 0 Å². The topological polar surface area (TPSA) is 40.5 Å². The van der Waals surface area contributed by atoms with Crippen molar-refractivity contribution < 1.29 is 10.2 Å². The van der Waals surface area contributed by atoms with Gasteiger partial charge in [-0.25, -0.2) is 0 Å². The molecule has 0 aromatic heterocycles. The number of aliphatic hydroxyl groups is 2. The third kappa shape index (κ3) is 1.64. The van der Waals surface area contributed by atoms with Crippen LogP contribution in [0.1, 0.15) is 65.7 Å². The van der Waals surface area contributed by atoms with Gasteiger partial charge in [0.2, 0.25) is 0 Å².